The summed E-state index contributed by atoms with van der Waals surface area (Å²) in [6.45, 7) is 13.4. The van der Waals surface area contributed by atoms with Gasteiger partial charge in [-0.05, 0) is 0 Å². The van der Waals surface area contributed by atoms with E-state index in [1.54, 1.807) is 0 Å². The van der Waals surface area contributed by atoms with Gasteiger partial charge in [-0.15, -0.1) is 0 Å². The van der Waals surface area contributed by atoms with E-state index in [9.17, 15) is 0 Å². The summed E-state index contributed by atoms with van der Waals surface area (Å²) in [6.07, 6.45) is 6.48. The van der Waals surface area contributed by atoms with E-state index in [2.05, 4.69) is 75.7 Å². The van der Waals surface area contributed by atoms with E-state index in [-0.39, 0.29) is 0 Å². The van der Waals surface area contributed by atoms with Gasteiger partial charge in [0.25, 0.3) is 0 Å². The number of hydrogen-bond donors (Lipinski definition) is 0. The Labute approximate surface area is 184 Å². The third-order valence-corrected chi connectivity index (χ3v) is 9.72. The van der Waals surface area contributed by atoms with Gasteiger partial charge in [-0.3, -0.25) is 0 Å². The van der Waals surface area contributed by atoms with Crippen molar-refractivity contribution in [1.29, 1.82) is 0 Å². The summed E-state index contributed by atoms with van der Waals surface area (Å²) in [4.78, 5) is 4.47. The van der Waals surface area contributed by atoms with Crippen LogP contribution in [0.1, 0.15) is 73.9 Å². The van der Waals surface area contributed by atoms with Crippen LogP contribution in [0.5, 0.6) is 11.5 Å². The van der Waals surface area contributed by atoms with Crippen LogP contribution in [0.3, 0.4) is 0 Å². The zero-order valence-corrected chi connectivity index (χ0v) is 22.7. The van der Waals surface area contributed by atoms with E-state index in [4.69, 9.17) is 6.15 Å². The SMILES string of the molecule is CCCc1c([O][Sn]([CH3])([CH3])[O]c2ccc(C)c(CC)c2CCC)ccc(C)c1CC. The van der Waals surface area contributed by atoms with Gasteiger partial charge in [-0.1, -0.05) is 0 Å². The van der Waals surface area contributed by atoms with E-state index < -0.39 is 19.2 Å². The van der Waals surface area contributed by atoms with Crippen LogP contribution >= 0.6 is 0 Å². The Hall–Kier alpha value is -1.16. The van der Waals surface area contributed by atoms with Crippen molar-refractivity contribution in [2.45, 2.75) is 89.9 Å². The molecule has 0 aliphatic heterocycles. The molecule has 0 unspecified atom stereocenters. The molecule has 29 heavy (non-hydrogen) atoms. The van der Waals surface area contributed by atoms with E-state index in [0.29, 0.717) is 0 Å². The Bertz CT molecular complexity index is 756. The predicted octanol–water partition coefficient (Wildman–Crippen LogP) is 7.49. The fourth-order valence-electron chi connectivity index (χ4n) is 4.35. The standard InChI is InChI=1S/2C12H18O.2CH3.Sn/c2*1-4-6-11-10(5-2)9(3)7-8-12(11)13;;;/h2*7-8,13H,4-6H2,1-3H3;2*1H3;/q;;;;+2/p-2. The van der Waals surface area contributed by atoms with Gasteiger partial charge in [0.1, 0.15) is 0 Å². The van der Waals surface area contributed by atoms with E-state index >= 15 is 0 Å². The molecule has 0 saturated carbocycles. The maximum atomic E-state index is 6.71. The van der Waals surface area contributed by atoms with Crippen molar-refractivity contribution in [1.82, 2.24) is 0 Å². The third kappa shape index (κ3) is 5.93. The molecule has 0 aliphatic rings. The van der Waals surface area contributed by atoms with Crippen LogP contribution in [0.4, 0.5) is 0 Å². The average Bonchev–Trinajstić information content (AvgIpc) is 2.67. The first-order valence-electron chi connectivity index (χ1n) is 11.4. The summed E-state index contributed by atoms with van der Waals surface area (Å²) in [6, 6.07) is 8.75. The first-order valence-corrected chi connectivity index (χ1v) is 19.4. The second-order valence-corrected chi connectivity index (χ2v) is 17.6. The van der Waals surface area contributed by atoms with Crippen LogP contribution in [0, 0.1) is 13.8 Å². The summed E-state index contributed by atoms with van der Waals surface area (Å²) in [7, 11) is 0. The van der Waals surface area contributed by atoms with Gasteiger partial charge in [0.05, 0.1) is 0 Å². The van der Waals surface area contributed by atoms with Crippen molar-refractivity contribution >= 4 is 19.2 Å². The Morgan fingerprint density at radius 1 is 0.621 bits per heavy atom. The third-order valence-electron chi connectivity index (χ3n) is 5.66. The first kappa shape index (κ1) is 24.1. The Morgan fingerprint density at radius 2 is 1.00 bits per heavy atom. The summed E-state index contributed by atoms with van der Waals surface area (Å²) in [5.74, 6) is 2.10. The second kappa shape index (κ2) is 10.7. The molecule has 2 aromatic carbocycles. The zero-order chi connectivity index (χ0) is 21.6. The predicted molar refractivity (Wildman–Crippen MR) is 128 cm³/mol. The molecule has 0 atom stereocenters. The van der Waals surface area contributed by atoms with Crippen LogP contribution < -0.4 is 6.15 Å². The monoisotopic (exact) mass is 504 g/mol. The fraction of sp³-hybridized carbons (Fsp3) is 0.538. The van der Waals surface area contributed by atoms with Crippen molar-refractivity contribution < 1.29 is 6.15 Å². The summed E-state index contributed by atoms with van der Waals surface area (Å²) < 4.78 is 13.4. The molecule has 0 saturated heterocycles. The molecule has 0 amide bonds. The molecule has 0 spiro atoms. The number of benzene rings is 2. The van der Waals surface area contributed by atoms with Gasteiger partial charge in [0.15, 0.2) is 0 Å². The van der Waals surface area contributed by atoms with Gasteiger partial charge in [-0.25, -0.2) is 0 Å². The normalized spacial score (nSPS) is 11.6. The molecule has 0 aromatic heterocycles. The van der Waals surface area contributed by atoms with Crippen molar-refractivity contribution in [2.24, 2.45) is 0 Å². The number of rotatable bonds is 10. The molecule has 2 nitrogen and oxygen atoms in total. The van der Waals surface area contributed by atoms with Gasteiger partial charge in [0.2, 0.25) is 0 Å². The molecule has 0 N–H and O–H groups in total. The topological polar surface area (TPSA) is 18.5 Å². The summed E-state index contributed by atoms with van der Waals surface area (Å²) >= 11 is -3.27. The second-order valence-electron chi connectivity index (χ2n) is 8.49. The van der Waals surface area contributed by atoms with Gasteiger partial charge >= 0.3 is 184 Å². The zero-order valence-electron chi connectivity index (χ0n) is 19.9. The molecule has 160 valence electrons. The van der Waals surface area contributed by atoms with Crippen molar-refractivity contribution in [3.05, 3.63) is 57.6 Å². The Kier molecular flexibility index (Phi) is 8.93. The minimum atomic E-state index is -3.27. The molecule has 3 heteroatoms. The molecule has 0 bridgehead atoms. The molecule has 2 rings (SSSR count). The maximum absolute atomic E-state index is 6.71. The van der Waals surface area contributed by atoms with Crippen LogP contribution in [-0.2, 0) is 25.7 Å². The van der Waals surface area contributed by atoms with Crippen molar-refractivity contribution in [2.75, 3.05) is 0 Å². The van der Waals surface area contributed by atoms with Gasteiger partial charge < -0.3 is 0 Å². The van der Waals surface area contributed by atoms with Crippen molar-refractivity contribution in [3.8, 4) is 11.5 Å². The summed E-state index contributed by atoms with van der Waals surface area (Å²) in [5.41, 5.74) is 8.40. The van der Waals surface area contributed by atoms with Crippen LogP contribution in [0.2, 0.25) is 9.88 Å². The van der Waals surface area contributed by atoms with E-state index in [0.717, 1.165) is 50.0 Å². The number of aryl methyl sites for hydroxylation is 2. The van der Waals surface area contributed by atoms with Crippen LogP contribution in [0.25, 0.3) is 0 Å². The average molecular weight is 503 g/mol. The van der Waals surface area contributed by atoms with Gasteiger partial charge in [-0.2, -0.15) is 0 Å². The molecule has 0 heterocycles. The van der Waals surface area contributed by atoms with E-state index in [1.165, 1.54) is 33.4 Å². The summed E-state index contributed by atoms with van der Waals surface area (Å²) in [5, 5.41) is 0. The molecular weight excluding hydrogens is 463 g/mol. The molecule has 0 fully saturated rings. The molecule has 0 radical (unpaired) electrons. The van der Waals surface area contributed by atoms with E-state index in [1.807, 2.05) is 0 Å². The quantitative estimate of drug-likeness (QED) is 0.313. The fourth-order valence-corrected chi connectivity index (χ4v) is 8.59. The molecular formula is C26H40O2Sn. The minimum absolute atomic E-state index is 1.05. The van der Waals surface area contributed by atoms with Crippen LogP contribution in [0.15, 0.2) is 24.3 Å². The Balaban J connectivity index is 2.39. The first-order chi connectivity index (χ1) is 13.8. The molecule has 2 aromatic rings. The van der Waals surface area contributed by atoms with Crippen LogP contribution in [-0.4, -0.2) is 19.2 Å². The number of hydrogen-bond acceptors (Lipinski definition) is 2. The Morgan fingerprint density at radius 3 is 1.31 bits per heavy atom. The van der Waals surface area contributed by atoms with Crippen molar-refractivity contribution in [3.63, 3.8) is 0 Å². The van der Waals surface area contributed by atoms with Gasteiger partial charge in [0, 0.05) is 0 Å². The molecule has 0 aliphatic carbocycles.